The first-order chi connectivity index (χ1) is 11.8. The van der Waals surface area contributed by atoms with E-state index in [1.165, 1.54) is 5.56 Å². The standard InChI is InChI=1S/C20H24N2O2/c23-20(16-24-19-11-5-2-6-12-19)21-18-10-7-13-22(15-18)14-17-8-3-1-4-9-17/h1-6,8-9,11-12,18H,7,10,13-16H2,(H,21,23). The lowest BCUT2D eigenvalue weighted by atomic mass is 10.0. The Morgan fingerprint density at radius 3 is 2.54 bits per heavy atom. The largest absolute Gasteiger partial charge is 0.484 e. The first kappa shape index (κ1) is 16.5. The molecule has 0 aliphatic carbocycles. The van der Waals surface area contributed by atoms with E-state index in [-0.39, 0.29) is 18.6 Å². The second-order valence-electron chi connectivity index (χ2n) is 6.23. The van der Waals surface area contributed by atoms with Crippen molar-refractivity contribution < 1.29 is 9.53 Å². The summed E-state index contributed by atoms with van der Waals surface area (Å²) >= 11 is 0. The van der Waals surface area contributed by atoms with Crippen molar-refractivity contribution in [2.75, 3.05) is 19.7 Å². The molecule has 1 fully saturated rings. The zero-order chi connectivity index (χ0) is 16.6. The Balaban J connectivity index is 1.44. The molecule has 1 saturated heterocycles. The van der Waals surface area contributed by atoms with Crippen molar-refractivity contribution in [3.63, 3.8) is 0 Å². The number of amides is 1. The van der Waals surface area contributed by atoms with Gasteiger partial charge in [0.05, 0.1) is 0 Å². The molecule has 0 spiro atoms. The molecule has 2 aromatic carbocycles. The predicted molar refractivity (Wildman–Crippen MR) is 94.8 cm³/mol. The van der Waals surface area contributed by atoms with Crippen molar-refractivity contribution in [2.24, 2.45) is 0 Å². The molecule has 0 aromatic heterocycles. The molecule has 3 rings (SSSR count). The Hall–Kier alpha value is -2.33. The summed E-state index contributed by atoms with van der Waals surface area (Å²) in [6.07, 6.45) is 2.14. The zero-order valence-electron chi connectivity index (χ0n) is 13.9. The topological polar surface area (TPSA) is 41.6 Å². The van der Waals surface area contributed by atoms with E-state index in [0.717, 1.165) is 38.2 Å². The van der Waals surface area contributed by atoms with Gasteiger partial charge in [0.2, 0.25) is 0 Å². The number of ether oxygens (including phenoxy) is 1. The minimum Gasteiger partial charge on any atom is -0.484 e. The third kappa shape index (κ3) is 5.10. The number of piperidine rings is 1. The van der Waals surface area contributed by atoms with Crippen LogP contribution >= 0.6 is 0 Å². The molecular formula is C20H24N2O2. The zero-order valence-corrected chi connectivity index (χ0v) is 13.9. The minimum atomic E-state index is -0.0505. The second kappa shape index (κ2) is 8.50. The van der Waals surface area contributed by atoms with Gasteiger partial charge in [-0.3, -0.25) is 9.69 Å². The highest BCUT2D eigenvalue weighted by Crippen LogP contribution is 2.14. The summed E-state index contributed by atoms with van der Waals surface area (Å²) in [4.78, 5) is 14.5. The van der Waals surface area contributed by atoms with Gasteiger partial charge >= 0.3 is 0 Å². The normalized spacial score (nSPS) is 18.1. The lowest BCUT2D eigenvalue weighted by Crippen LogP contribution is -2.48. The number of hydrogen-bond acceptors (Lipinski definition) is 3. The van der Waals surface area contributed by atoms with E-state index in [4.69, 9.17) is 4.74 Å². The Morgan fingerprint density at radius 2 is 1.79 bits per heavy atom. The molecule has 0 saturated carbocycles. The number of hydrogen-bond donors (Lipinski definition) is 1. The minimum absolute atomic E-state index is 0.0505. The van der Waals surface area contributed by atoms with Crippen molar-refractivity contribution in [3.05, 3.63) is 66.2 Å². The van der Waals surface area contributed by atoms with Crippen molar-refractivity contribution in [1.82, 2.24) is 10.2 Å². The molecule has 126 valence electrons. The van der Waals surface area contributed by atoms with Gasteiger partial charge < -0.3 is 10.1 Å². The second-order valence-corrected chi connectivity index (χ2v) is 6.23. The fourth-order valence-electron chi connectivity index (χ4n) is 3.09. The average Bonchev–Trinajstić information content (AvgIpc) is 2.62. The van der Waals surface area contributed by atoms with Crippen LogP contribution in [0.3, 0.4) is 0 Å². The van der Waals surface area contributed by atoms with Gasteiger partial charge in [0.25, 0.3) is 5.91 Å². The number of rotatable bonds is 6. The quantitative estimate of drug-likeness (QED) is 0.888. The van der Waals surface area contributed by atoms with Gasteiger partial charge in [0.1, 0.15) is 5.75 Å². The van der Waals surface area contributed by atoms with E-state index < -0.39 is 0 Å². The van der Waals surface area contributed by atoms with E-state index in [2.05, 4.69) is 34.5 Å². The number of para-hydroxylation sites is 1. The number of carbonyl (C=O) groups is 1. The SMILES string of the molecule is O=C(COc1ccccc1)NC1CCCN(Cc2ccccc2)C1. The van der Waals surface area contributed by atoms with Crippen molar-refractivity contribution in [1.29, 1.82) is 0 Å². The van der Waals surface area contributed by atoms with Gasteiger partial charge in [-0.05, 0) is 37.1 Å². The molecule has 0 radical (unpaired) electrons. The first-order valence-corrected chi connectivity index (χ1v) is 8.53. The van der Waals surface area contributed by atoms with E-state index in [1.54, 1.807) is 0 Å². The summed E-state index contributed by atoms with van der Waals surface area (Å²) < 4.78 is 5.51. The molecule has 1 atom stereocenters. The van der Waals surface area contributed by atoms with Crippen LogP contribution in [0, 0.1) is 0 Å². The van der Waals surface area contributed by atoms with Crippen LogP contribution in [0.15, 0.2) is 60.7 Å². The molecule has 2 aromatic rings. The van der Waals surface area contributed by atoms with E-state index in [1.807, 2.05) is 36.4 Å². The van der Waals surface area contributed by atoms with Gasteiger partial charge in [-0.25, -0.2) is 0 Å². The van der Waals surface area contributed by atoms with Gasteiger partial charge in [-0.15, -0.1) is 0 Å². The molecule has 0 bridgehead atoms. The monoisotopic (exact) mass is 324 g/mol. The van der Waals surface area contributed by atoms with Crippen molar-refractivity contribution >= 4 is 5.91 Å². The molecule has 1 aliphatic heterocycles. The van der Waals surface area contributed by atoms with E-state index in [0.29, 0.717) is 0 Å². The van der Waals surface area contributed by atoms with Gasteiger partial charge in [-0.1, -0.05) is 48.5 Å². The highest BCUT2D eigenvalue weighted by Gasteiger charge is 2.21. The lowest BCUT2D eigenvalue weighted by Gasteiger charge is -2.33. The van der Waals surface area contributed by atoms with Gasteiger partial charge in [-0.2, -0.15) is 0 Å². The van der Waals surface area contributed by atoms with Crippen LogP contribution in [0.4, 0.5) is 0 Å². The van der Waals surface area contributed by atoms with Crippen molar-refractivity contribution in [2.45, 2.75) is 25.4 Å². The third-order valence-corrected chi connectivity index (χ3v) is 4.23. The fourth-order valence-corrected chi connectivity index (χ4v) is 3.09. The Morgan fingerprint density at radius 1 is 1.08 bits per heavy atom. The smallest absolute Gasteiger partial charge is 0.258 e. The summed E-state index contributed by atoms with van der Waals surface area (Å²) in [5, 5.41) is 3.10. The van der Waals surface area contributed by atoms with Crippen LogP contribution in [-0.2, 0) is 11.3 Å². The summed E-state index contributed by atoms with van der Waals surface area (Å²) in [6.45, 7) is 2.99. The van der Waals surface area contributed by atoms with Crippen LogP contribution in [0.5, 0.6) is 5.75 Å². The molecule has 4 nitrogen and oxygen atoms in total. The van der Waals surface area contributed by atoms with Crippen LogP contribution in [0.1, 0.15) is 18.4 Å². The average molecular weight is 324 g/mol. The van der Waals surface area contributed by atoms with E-state index in [9.17, 15) is 4.79 Å². The molecular weight excluding hydrogens is 300 g/mol. The number of carbonyl (C=O) groups excluding carboxylic acids is 1. The summed E-state index contributed by atoms with van der Waals surface area (Å²) in [5.74, 6) is 0.674. The summed E-state index contributed by atoms with van der Waals surface area (Å²) in [7, 11) is 0. The maximum atomic E-state index is 12.1. The van der Waals surface area contributed by atoms with Crippen LogP contribution in [0.2, 0.25) is 0 Å². The highest BCUT2D eigenvalue weighted by atomic mass is 16.5. The van der Waals surface area contributed by atoms with Crippen LogP contribution < -0.4 is 10.1 Å². The van der Waals surface area contributed by atoms with Crippen LogP contribution in [0.25, 0.3) is 0 Å². The number of nitrogens with one attached hydrogen (secondary N) is 1. The molecule has 1 N–H and O–H groups in total. The first-order valence-electron chi connectivity index (χ1n) is 8.53. The Labute approximate surface area is 143 Å². The maximum Gasteiger partial charge on any atom is 0.258 e. The summed E-state index contributed by atoms with van der Waals surface area (Å²) in [5.41, 5.74) is 1.32. The van der Waals surface area contributed by atoms with E-state index >= 15 is 0 Å². The van der Waals surface area contributed by atoms with Gasteiger partial charge in [0.15, 0.2) is 6.61 Å². The maximum absolute atomic E-state index is 12.1. The molecule has 1 heterocycles. The molecule has 1 aliphatic rings. The molecule has 4 heteroatoms. The highest BCUT2D eigenvalue weighted by molar-refractivity contribution is 5.77. The molecule has 1 unspecified atom stereocenters. The van der Waals surface area contributed by atoms with Crippen molar-refractivity contribution in [3.8, 4) is 5.75 Å². The molecule has 1 amide bonds. The Kier molecular flexibility index (Phi) is 5.85. The number of likely N-dealkylation sites (tertiary alicyclic amines) is 1. The molecule has 24 heavy (non-hydrogen) atoms. The van der Waals surface area contributed by atoms with Gasteiger partial charge in [0, 0.05) is 19.1 Å². The summed E-state index contributed by atoms with van der Waals surface area (Å²) in [6, 6.07) is 20.1. The lowest BCUT2D eigenvalue weighted by molar-refractivity contribution is -0.124. The fraction of sp³-hybridized carbons (Fsp3) is 0.350. The number of nitrogens with zero attached hydrogens (tertiary/aromatic N) is 1. The predicted octanol–water partition coefficient (Wildman–Crippen LogP) is 2.85. The number of benzene rings is 2. The Bertz CT molecular complexity index is 631. The third-order valence-electron chi connectivity index (χ3n) is 4.23. The van der Waals surface area contributed by atoms with Crippen LogP contribution in [-0.4, -0.2) is 36.5 Å².